The predicted octanol–water partition coefficient (Wildman–Crippen LogP) is 2.60. The fraction of sp³-hybridized carbons (Fsp3) is 0.333. The second kappa shape index (κ2) is 7.96. The molecular weight excluding hydrogens is 390 g/mol. The molecule has 1 aromatic heterocycles. The number of nitrogens with zero attached hydrogens (tertiary/aromatic N) is 3. The number of rotatable bonds is 5. The lowest BCUT2D eigenvalue weighted by molar-refractivity contribution is -0.132. The molecule has 152 valence electrons. The average Bonchev–Trinajstić information content (AvgIpc) is 3.15. The van der Waals surface area contributed by atoms with Gasteiger partial charge in [0.05, 0.1) is 4.90 Å². The highest BCUT2D eigenvalue weighted by Crippen LogP contribution is 2.19. The summed E-state index contributed by atoms with van der Waals surface area (Å²) in [4.78, 5) is 18.9. The van der Waals surface area contributed by atoms with Crippen LogP contribution in [0.15, 0.2) is 57.8 Å². The third-order valence-corrected chi connectivity index (χ3v) is 7.05. The molecule has 29 heavy (non-hydrogen) atoms. The number of aryl methyl sites for hydroxylation is 2. The van der Waals surface area contributed by atoms with Gasteiger partial charge in [-0.25, -0.2) is 13.4 Å². The van der Waals surface area contributed by atoms with Gasteiger partial charge in [0.25, 0.3) is 0 Å². The van der Waals surface area contributed by atoms with E-state index >= 15 is 0 Å². The number of fused-ring (bicyclic) bond motifs is 1. The highest BCUT2D eigenvalue weighted by molar-refractivity contribution is 7.89. The minimum Gasteiger partial charge on any atom is -0.441 e. The number of carbonyl (C=O) groups excluding carboxylic acids is 1. The van der Waals surface area contributed by atoms with Gasteiger partial charge in [0, 0.05) is 39.0 Å². The van der Waals surface area contributed by atoms with E-state index in [1.807, 2.05) is 31.2 Å². The average molecular weight is 413 g/mol. The van der Waals surface area contributed by atoms with Crippen LogP contribution in [-0.4, -0.2) is 54.7 Å². The molecule has 4 rings (SSSR count). The fourth-order valence-electron chi connectivity index (χ4n) is 3.44. The molecule has 0 aliphatic carbocycles. The van der Waals surface area contributed by atoms with Gasteiger partial charge in [-0.3, -0.25) is 4.79 Å². The zero-order chi connectivity index (χ0) is 20.4. The molecule has 1 fully saturated rings. The summed E-state index contributed by atoms with van der Waals surface area (Å²) in [6.07, 6.45) is 0.715. The van der Waals surface area contributed by atoms with E-state index in [0.29, 0.717) is 49.0 Å². The number of hydrogen-bond acceptors (Lipinski definition) is 5. The van der Waals surface area contributed by atoms with Crippen LogP contribution in [0.25, 0.3) is 11.1 Å². The first-order chi connectivity index (χ1) is 13.9. The number of amides is 1. The summed E-state index contributed by atoms with van der Waals surface area (Å²) < 4.78 is 32.6. The summed E-state index contributed by atoms with van der Waals surface area (Å²) >= 11 is 0. The monoisotopic (exact) mass is 413 g/mol. The number of hydrogen-bond donors (Lipinski definition) is 0. The molecule has 0 spiro atoms. The van der Waals surface area contributed by atoms with Crippen LogP contribution in [-0.2, 0) is 21.2 Å². The second-order valence-electron chi connectivity index (χ2n) is 7.17. The summed E-state index contributed by atoms with van der Waals surface area (Å²) in [5.41, 5.74) is 2.51. The topological polar surface area (TPSA) is 83.7 Å². The van der Waals surface area contributed by atoms with Gasteiger partial charge in [-0.15, -0.1) is 0 Å². The summed E-state index contributed by atoms with van der Waals surface area (Å²) in [6, 6.07) is 14.3. The number of para-hydroxylation sites is 2. The molecule has 0 bridgehead atoms. The molecule has 0 N–H and O–H groups in total. The Morgan fingerprint density at radius 1 is 1.03 bits per heavy atom. The molecule has 0 unspecified atom stereocenters. The molecule has 0 saturated carbocycles. The number of piperazine rings is 1. The predicted molar refractivity (Wildman–Crippen MR) is 109 cm³/mol. The highest BCUT2D eigenvalue weighted by Gasteiger charge is 2.30. The van der Waals surface area contributed by atoms with Gasteiger partial charge in [-0.05, 0) is 31.2 Å². The normalized spacial score (nSPS) is 15.7. The maximum absolute atomic E-state index is 12.8. The molecule has 2 heterocycles. The van der Waals surface area contributed by atoms with Crippen molar-refractivity contribution in [3.8, 4) is 0 Å². The zero-order valence-electron chi connectivity index (χ0n) is 16.2. The molecular formula is C21H23N3O4S. The van der Waals surface area contributed by atoms with Gasteiger partial charge < -0.3 is 9.32 Å². The number of sulfonamides is 1. The number of benzene rings is 2. The summed E-state index contributed by atoms with van der Waals surface area (Å²) in [7, 11) is -3.53. The first-order valence-electron chi connectivity index (χ1n) is 9.62. The van der Waals surface area contributed by atoms with Crippen molar-refractivity contribution >= 4 is 27.0 Å². The van der Waals surface area contributed by atoms with Crippen molar-refractivity contribution in [1.82, 2.24) is 14.2 Å². The van der Waals surface area contributed by atoms with Crippen LogP contribution < -0.4 is 0 Å². The summed E-state index contributed by atoms with van der Waals surface area (Å²) in [6.45, 7) is 3.28. The van der Waals surface area contributed by atoms with E-state index in [1.165, 1.54) is 4.31 Å². The summed E-state index contributed by atoms with van der Waals surface area (Å²) in [5, 5.41) is 0. The number of oxazole rings is 1. The van der Waals surface area contributed by atoms with Gasteiger partial charge in [-0.1, -0.05) is 29.8 Å². The Morgan fingerprint density at radius 2 is 1.72 bits per heavy atom. The largest absolute Gasteiger partial charge is 0.441 e. The van der Waals surface area contributed by atoms with Crippen LogP contribution in [0.5, 0.6) is 0 Å². The Bertz CT molecular complexity index is 1080. The second-order valence-corrected chi connectivity index (χ2v) is 9.11. The third kappa shape index (κ3) is 4.18. The fourth-order valence-corrected chi connectivity index (χ4v) is 4.86. The Labute approximate surface area is 170 Å². The minimum atomic E-state index is -3.53. The third-order valence-electron chi connectivity index (χ3n) is 5.14. The molecule has 3 aromatic rings. The number of aromatic nitrogens is 1. The quantitative estimate of drug-likeness (QED) is 0.642. The Kier molecular flexibility index (Phi) is 5.38. The standard InChI is InChI=1S/C21H23N3O4S/c1-16-6-8-17(9-7-16)29(26,27)24-14-12-23(13-15-24)21(25)11-10-20-22-18-4-2-3-5-19(18)28-20/h2-9H,10-15H2,1H3. The van der Waals surface area contributed by atoms with Crippen molar-refractivity contribution in [2.75, 3.05) is 26.2 Å². The molecule has 2 aromatic carbocycles. The molecule has 1 aliphatic heterocycles. The lowest BCUT2D eigenvalue weighted by Gasteiger charge is -2.34. The van der Waals surface area contributed by atoms with Gasteiger partial charge in [0.2, 0.25) is 15.9 Å². The molecule has 0 atom stereocenters. The first kappa shape index (κ1) is 19.6. The lowest BCUT2D eigenvalue weighted by Crippen LogP contribution is -2.50. The van der Waals surface area contributed by atoms with Crippen molar-refractivity contribution in [3.63, 3.8) is 0 Å². The molecule has 1 saturated heterocycles. The molecule has 7 nitrogen and oxygen atoms in total. The Balaban J connectivity index is 1.32. The van der Waals surface area contributed by atoms with Crippen molar-refractivity contribution in [1.29, 1.82) is 0 Å². The van der Waals surface area contributed by atoms with Crippen LogP contribution in [0.4, 0.5) is 0 Å². The molecule has 8 heteroatoms. The van der Waals surface area contributed by atoms with Gasteiger partial charge in [-0.2, -0.15) is 4.31 Å². The van der Waals surface area contributed by atoms with Crippen LogP contribution in [0.3, 0.4) is 0 Å². The van der Waals surface area contributed by atoms with E-state index in [4.69, 9.17) is 4.42 Å². The maximum atomic E-state index is 12.8. The van der Waals surface area contributed by atoms with Gasteiger partial charge in [0.1, 0.15) is 5.52 Å². The molecule has 1 aliphatic rings. The summed E-state index contributed by atoms with van der Waals surface area (Å²) in [5.74, 6) is 0.528. The SMILES string of the molecule is Cc1ccc(S(=O)(=O)N2CCN(C(=O)CCc3nc4ccccc4o3)CC2)cc1. The van der Waals surface area contributed by atoms with E-state index in [1.54, 1.807) is 29.2 Å². The van der Waals surface area contributed by atoms with Gasteiger partial charge in [0.15, 0.2) is 11.5 Å². The maximum Gasteiger partial charge on any atom is 0.243 e. The van der Waals surface area contributed by atoms with Crippen molar-refractivity contribution < 1.29 is 17.6 Å². The van der Waals surface area contributed by atoms with Crippen LogP contribution in [0, 0.1) is 6.92 Å². The molecule has 0 radical (unpaired) electrons. The van der Waals surface area contributed by atoms with E-state index < -0.39 is 10.0 Å². The Morgan fingerprint density at radius 3 is 2.41 bits per heavy atom. The number of carbonyl (C=O) groups is 1. The van der Waals surface area contributed by atoms with Crippen LogP contribution in [0.2, 0.25) is 0 Å². The zero-order valence-corrected chi connectivity index (χ0v) is 17.1. The highest BCUT2D eigenvalue weighted by atomic mass is 32.2. The van der Waals surface area contributed by atoms with Crippen LogP contribution in [0.1, 0.15) is 17.9 Å². The van der Waals surface area contributed by atoms with E-state index in [-0.39, 0.29) is 12.3 Å². The van der Waals surface area contributed by atoms with Crippen molar-refractivity contribution in [3.05, 3.63) is 60.0 Å². The first-order valence-corrected chi connectivity index (χ1v) is 11.1. The molecule has 1 amide bonds. The smallest absolute Gasteiger partial charge is 0.243 e. The minimum absolute atomic E-state index is 0.0142. The van der Waals surface area contributed by atoms with Crippen molar-refractivity contribution in [2.45, 2.75) is 24.7 Å². The lowest BCUT2D eigenvalue weighted by atomic mass is 10.2. The van der Waals surface area contributed by atoms with Crippen molar-refractivity contribution in [2.24, 2.45) is 0 Å². The van der Waals surface area contributed by atoms with Crippen LogP contribution >= 0.6 is 0 Å². The van der Waals surface area contributed by atoms with E-state index in [0.717, 1.165) is 11.1 Å². The van der Waals surface area contributed by atoms with Gasteiger partial charge >= 0.3 is 0 Å². The Hall–Kier alpha value is -2.71. The van der Waals surface area contributed by atoms with E-state index in [2.05, 4.69) is 4.98 Å². The van der Waals surface area contributed by atoms with E-state index in [9.17, 15) is 13.2 Å².